The van der Waals surface area contributed by atoms with Gasteiger partial charge in [0.25, 0.3) is 0 Å². The molecule has 3 unspecified atom stereocenters. The van der Waals surface area contributed by atoms with Gasteiger partial charge in [-0.3, -0.25) is 0 Å². The van der Waals surface area contributed by atoms with Crippen LogP contribution in [0.2, 0.25) is 0 Å². The number of hydrogen-bond donors (Lipinski definition) is 0. The predicted octanol–water partition coefficient (Wildman–Crippen LogP) is 13.3. The summed E-state index contributed by atoms with van der Waals surface area (Å²) in [6, 6.07) is 13.2. The highest BCUT2D eigenvalue weighted by atomic mass is 16.6. The normalized spacial score (nSPS) is 19.8. The first-order valence-corrected chi connectivity index (χ1v) is 21.1. The Kier molecular flexibility index (Phi) is 15.3. The van der Waals surface area contributed by atoms with Crippen molar-refractivity contribution in [3.8, 4) is 0 Å². The highest BCUT2D eigenvalue weighted by Crippen LogP contribution is 2.40. The zero-order valence-electron chi connectivity index (χ0n) is 32.1. The van der Waals surface area contributed by atoms with Crippen molar-refractivity contribution in [3.05, 3.63) is 69.8 Å². The molecule has 5 rings (SSSR count). The minimum absolute atomic E-state index is 0.125. The molecule has 4 nitrogen and oxygen atoms in total. The Bertz CT molecular complexity index is 1340. The zero-order valence-corrected chi connectivity index (χ0v) is 32.1. The Morgan fingerprint density at radius 3 is 1.48 bits per heavy atom. The van der Waals surface area contributed by atoms with Crippen LogP contribution in [0, 0.1) is 5.92 Å². The standard InChI is InChI=1S/C46H68O4/c1-5-18-33(7-3)38-26-28-40(42(30-38)35-20-12-9-13-21-35)45(47)49-32-44(37-24-16-11-17-25-37)50-46(48)41-29-27-39(34(8-4)19-6-2)31-43(41)36-22-14-10-15-23-36/h26-31,33-37,44H,5-25,32H2,1-4H3. The van der Waals surface area contributed by atoms with Crippen molar-refractivity contribution in [2.75, 3.05) is 6.61 Å². The Labute approximate surface area is 304 Å². The molecule has 3 atom stereocenters. The molecule has 0 amide bonds. The van der Waals surface area contributed by atoms with Crippen LogP contribution in [-0.2, 0) is 9.47 Å². The van der Waals surface area contributed by atoms with E-state index < -0.39 is 6.10 Å². The third-order valence-electron chi connectivity index (χ3n) is 12.7. The topological polar surface area (TPSA) is 52.6 Å². The van der Waals surface area contributed by atoms with Crippen molar-refractivity contribution < 1.29 is 19.1 Å². The molecule has 2 aromatic carbocycles. The van der Waals surface area contributed by atoms with Gasteiger partial charge in [-0.2, -0.15) is 0 Å². The molecule has 0 radical (unpaired) electrons. The fourth-order valence-corrected chi connectivity index (χ4v) is 9.66. The summed E-state index contributed by atoms with van der Waals surface area (Å²) < 4.78 is 12.7. The van der Waals surface area contributed by atoms with Gasteiger partial charge in [0.05, 0.1) is 11.1 Å². The van der Waals surface area contributed by atoms with Gasteiger partial charge >= 0.3 is 11.9 Å². The molecule has 3 fully saturated rings. The number of carbonyl (C=O) groups excluding carboxylic acids is 2. The van der Waals surface area contributed by atoms with E-state index in [0.29, 0.717) is 29.2 Å². The van der Waals surface area contributed by atoms with Crippen LogP contribution in [0.1, 0.15) is 229 Å². The van der Waals surface area contributed by atoms with Gasteiger partial charge in [0.2, 0.25) is 0 Å². The van der Waals surface area contributed by atoms with Gasteiger partial charge in [0.1, 0.15) is 12.7 Å². The summed E-state index contributed by atoms with van der Waals surface area (Å²) >= 11 is 0. The van der Waals surface area contributed by atoms with E-state index in [0.717, 1.165) is 82.6 Å². The van der Waals surface area contributed by atoms with Crippen LogP contribution >= 0.6 is 0 Å². The van der Waals surface area contributed by atoms with Gasteiger partial charge in [0.15, 0.2) is 0 Å². The first kappa shape index (κ1) is 38.6. The van der Waals surface area contributed by atoms with Crippen molar-refractivity contribution in [1.82, 2.24) is 0 Å². The van der Waals surface area contributed by atoms with Crippen molar-refractivity contribution in [2.24, 2.45) is 5.92 Å². The summed E-state index contributed by atoms with van der Waals surface area (Å²) in [7, 11) is 0. The van der Waals surface area contributed by atoms with Crippen LogP contribution < -0.4 is 0 Å². The highest BCUT2D eigenvalue weighted by Gasteiger charge is 2.32. The molecular formula is C46H68O4. The smallest absolute Gasteiger partial charge is 0.338 e. The Balaban J connectivity index is 1.38. The molecule has 0 aliphatic heterocycles. The lowest BCUT2D eigenvalue weighted by Crippen LogP contribution is -2.34. The molecule has 2 aromatic rings. The predicted molar refractivity (Wildman–Crippen MR) is 206 cm³/mol. The van der Waals surface area contributed by atoms with E-state index >= 15 is 0 Å². The second-order valence-corrected chi connectivity index (χ2v) is 16.1. The minimum atomic E-state index is -0.430. The Hall–Kier alpha value is -2.62. The molecule has 0 N–H and O–H groups in total. The summed E-state index contributed by atoms with van der Waals surface area (Å²) in [6.07, 6.45) is 23.9. The fraction of sp³-hybridized carbons (Fsp3) is 0.696. The summed E-state index contributed by atoms with van der Waals surface area (Å²) in [5, 5.41) is 0. The molecule has 3 saturated carbocycles. The third-order valence-corrected chi connectivity index (χ3v) is 12.7. The number of benzene rings is 2. The molecule has 0 heterocycles. The maximum atomic E-state index is 14.2. The molecule has 3 aliphatic carbocycles. The minimum Gasteiger partial charge on any atom is -0.458 e. The fourth-order valence-electron chi connectivity index (χ4n) is 9.66. The molecule has 0 saturated heterocycles. The molecule has 0 spiro atoms. The van der Waals surface area contributed by atoms with Crippen molar-refractivity contribution >= 4 is 11.9 Å². The summed E-state index contributed by atoms with van der Waals surface area (Å²) in [4.78, 5) is 28.2. The van der Waals surface area contributed by atoms with E-state index in [4.69, 9.17) is 9.47 Å². The molecular weight excluding hydrogens is 617 g/mol. The van der Waals surface area contributed by atoms with Crippen molar-refractivity contribution in [1.29, 1.82) is 0 Å². The van der Waals surface area contributed by atoms with E-state index in [1.54, 1.807) is 0 Å². The average molecular weight is 685 g/mol. The quantitative estimate of drug-likeness (QED) is 0.165. The van der Waals surface area contributed by atoms with Crippen LogP contribution in [0.4, 0.5) is 0 Å². The van der Waals surface area contributed by atoms with Gasteiger partial charge in [-0.05, 0) is 128 Å². The van der Waals surface area contributed by atoms with Gasteiger partial charge in [-0.15, -0.1) is 0 Å². The number of esters is 2. The molecule has 50 heavy (non-hydrogen) atoms. The number of carbonyl (C=O) groups is 2. The van der Waals surface area contributed by atoms with E-state index in [1.165, 1.54) is 80.0 Å². The average Bonchev–Trinajstić information content (AvgIpc) is 3.18. The number of rotatable bonds is 16. The lowest BCUT2D eigenvalue weighted by Gasteiger charge is -2.31. The highest BCUT2D eigenvalue weighted by molar-refractivity contribution is 5.92. The summed E-state index contributed by atoms with van der Waals surface area (Å²) in [5.41, 5.74) is 6.54. The lowest BCUT2D eigenvalue weighted by atomic mass is 9.79. The van der Waals surface area contributed by atoms with Gasteiger partial charge in [-0.25, -0.2) is 9.59 Å². The summed E-state index contributed by atoms with van der Waals surface area (Å²) in [5.74, 6) is 1.58. The van der Waals surface area contributed by atoms with Crippen molar-refractivity contribution in [3.63, 3.8) is 0 Å². The van der Waals surface area contributed by atoms with Crippen molar-refractivity contribution in [2.45, 2.75) is 192 Å². The lowest BCUT2D eigenvalue weighted by molar-refractivity contribution is -0.0248. The van der Waals surface area contributed by atoms with Crippen LogP contribution in [0.25, 0.3) is 0 Å². The second-order valence-electron chi connectivity index (χ2n) is 16.1. The largest absolute Gasteiger partial charge is 0.458 e. The van der Waals surface area contributed by atoms with E-state index in [-0.39, 0.29) is 24.5 Å². The van der Waals surface area contributed by atoms with E-state index in [1.807, 2.05) is 6.07 Å². The molecule has 4 heteroatoms. The van der Waals surface area contributed by atoms with Crippen LogP contribution in [0.15, 0.2) is 36.4 Å². The van der Waals surface area contributed by atoms with Gasteiger partial charge in [-0.1, -0.05) is 123 Å². The van der Waals surface area contributed by atoms with Gasteiger partial charge in [0, 0.05) is 0 Å². The molecule has 0 bridgehead atoms. The van der Waals surface area contributed by atoms with Crippen LogP contribution in [0.3, 0.4) is 0 Å². The second kappa shape index (κ2) is 19.8. The number of hydrogen-bond acceptors (Lipinski definition) is 4. The van der Waals surface area contributed by atoms with Crippen LogP contribution in [-0.4, -0.2) is 24.6 Å². The molecule has 0 aromatic heterocycles. The summed E-state index contributed by atoms with van der Waals surface area (Å²) in [6.45, 7) is 9.19. The SMILES string of the molecule is CCCC(CC)c1ccc(C(=O)OCC(OC(=O)c2ccc(C(CC)CCC)cc2C2CCCCC2)C2CCCCC2)c(C2CCCCC2)c1. The molecule has 276 valence electrons. The zero-order chi connectivity index (χ0) is 35.3. The van der Waals surface area contributed by atoms with E-state index in [9.17, 15) is 9.59 Å². The maximum Gasteiger partial charge on any atom is 0.338 e. The first-order valence-electron chi connectivity index (χ1n) is 21.1. The van der Waals surface area contributed by atoms with Crippen LogP contribution in [0.5, 0.6) is 0 Å². The third kappa shape index (κ3) is 10.0. The Morgan fingerprint density at radius 2 is 1.04 bits per heavy atom. The molecule has 3 aliphatic rings. The number of ether oxygens (including phenoxy) is 2. The first-order chi connectivity index (χ1) is 24.5. The Morgan fingerprint density at radius 1 is 0.600 bits per heavy atom. The maximum absolute atomic E-state index is 14.2. The van der Waals surface area contributed by atoms with Gasteiger partial charge < -0.3 is 9.47 Å². The van der Waals surface area contributed by atoms with E-state index in [2.05, 4.69) is 58.0 Å². The monoisotopic (exact) mass is 685 g/mol.